The van der Waals surface area contributed by atoms with E-state index < -0.39 is 0 Å². The number of ether oxygens (including phenoxy) is 1. The molecule has 0 aliphatic rings. The van der Waals surface area contributed by atoms with Gasteiger partial charge < -0.3 is 4.74 Å². The van der Waals surface area contributed by atoms with Crippen LogP contribution in [-0.2, 0) is 12.8 Å². The Hall–Kier alpha value is -1.49. The SMILES string of the molecule is CCCCCCCCCCCCc1c(CC#N)cccc1OC. The molecule has 128 valence electrons. The normalized spacial score (nSPS) is 10.5. The van der Waals surface area contributed by atoms with Crippen molar-refractivity contribution in [2.45, 2.75) is 84.0 Å². The molecule has 23 heavy (non-hydrogen) atoms. The molecule has 0 fully saturated rings. The first-order chi connectivity index (χ1) is 11.3. The van der Waals surface area contributed by atoms with Crippen molar-refractivity contribution in [1.82, 2.24) is 0 Å². The molecule has 0 aliphatic carbocycles. The summed E-state index contributed by atoms with van der Waals surface area (Å²) in [7, 11) is 1.72. The highest BCUT2D eigenvalue weighted by molar-refractivity contribution is 5.41. The minimum absolute atomic E-state index is 0.476. The lowest BCUT2D eigenvalue weighted by molar-refractivity contribution is 0.408. The lowest BCUT2D eigenvalue weighted by atomic mass is 9.97. The third-order valence-electron chi connectivity index (χ3n) is 4.50. The Kier molecular flexibility index (Phi) is 11.0. The van der Waals surface area contributed by atoms with Gasteiger partial charge in [-0.15, -0.1) is 0 Å². The van der Waals surface area contributed by atoms with Crippen molar-refractivity contribution >= 4 is 0 Å². The van der Waals surface area contributed by atoms with Gasteiger partial charge in [0.25, 0.3) is 0 Å². The second-order valence-corrected chi connectivity index (χ2v) is 6.36. The number of hydrogen-bond donors (Lipinski definition) is 0. The van der Waals surface area contributed by atoms with Crippen LogP contribution in [0, 0.1) is 11.3 Å². The van der Waals surface area contributed by atoms with Gasteiger partial charge in [-0.3, -0.25) is 0 Å². The molecule has 1 rings (SSSR count). The van der Waals surface area contributed by atoms with E-state index in [1.807, 2.05) is 12.1 Å². The number of methoxy groups -OCH3 is 1. The monoisotopic (exact) mass is 315 g/mol. The van der Waals surface area contributed by atoms with Gasteiger partial charge in [-0.25, -0.2) is 0 Å². The van der Waals surface area contributed by atoms with E-state index in [9.17, 15) is 0 Å². The summed E-state index contributed by atoms with van der Waals surface area (Å²) in [5.74, 6) is 0.939. The predicted molar refractivity (Wildman–Crippen MR) is 97.9 cm³/mol. The number of nitrogens with zero attached hydrogens (tertiary/aromatic N) is 1. The Morgan fingerprint density at radius 1 is 0.913 bits per heavy atom. The number of hydrogen-bond acceptors (Lipinski definition) is 2. The molecule has 0 spiro atoms. The van der Waals surface area contributed by atoms with Crippen LogP contribution >= 0.6 is 0 Å². The highest BCUT2D eigenvalue weighted by Gasteiger charge is 2.08. The summed E-state index contributed by atoms with van der Waals surface area (Å²) in [6.45, 7) is 2.27. The predicted octanol–water partition coefficient (Wildman–Crippen LogP) is 6.22. The lowest BCUT2D eigenvalue weighted by Gasteiger charge is -2.12. The summed E-state index contributed by atoms with van der Waals surface area (Å²) < 4.78 is 5.47. The molecular formula is C21H33NO. The van der Waals surface area contributed by atoms with E-state index >= 15 is 0 Å². The van der Waals surface area contributed by atoms with Gasteiger partial charge >= 0.3 is 0 Å². The number of benzene rings is 1. The van der Waals surface area contributed by atoms with E-state index in [0.29, 0.717) is 6.42 Å². The molecule has 2 heteroatoms. The first-order valence-electron chi connectivity index (χ1n) is 9.35. The molecule has 0 radical (unpaired) electrons. The summed E-state index contributed by atoms with van der Waals surface area (Å²) in [6, 6.07) is 8.30. The number of rotatable bonds is 13. The van der Waals surface area contributed by atoms with E-state index in [0.717, 1.165) is 17.7 Å². The molecule has 0 heterocycles. The van der Waals surface area contributed by atoms with Crippen molar-refractivity contribution in [2.24, 2.45) is 0 Å². The summed E-state index contributed by atoms with van der Waals surface area (Å²) in [6.07, 6.45) is 15.0. The maximum atomic E-state index is 8.96. The van der Waals surface area contributed by atoms with Gasteiger partial charge in [0.2, 0.25) is 0 Å². The zero-order valence-corrected chi connectivity index (χ0v) is 15.1. The van der Waals surface area contributed by atoms with Crippen LogP contribution in [0.4, 0.5) is 0 Å². The van der Waals surface area contributed by atoms with Crippen molar-refractivity contribution in [3.8, 4) is 11.8 Å². The van der Waals surface area contributed by atoms with Crippen LogP contribution in [0.15, 0.2) is 18.2 Å². The number of unbranched alkanes of at least 4 members (excludes halogenated alkanes) is 9. The van der Waals surface area contributed by atoms with E-state index in [-0.39, 0.29) is 0 Å². The molecule has 0 atom stereocenters. The minimum atomic E-state index is 0.476. The Balaban J connectivity index is 2.22. The number of nitriles is 1. The topological polar surface area (TPSA) is 33.0 Å². The van der Waals surface area contributed by atoms with Gasteiger partial charge in [0.15, 0.2) is 0 Å². The van der Waals surface area contributed by atoms with Crippen molar-refractivity contribution in [3.63, 3.8) is 0 Å². The van der Waals surface area contributed by atoms with Crippen LogP contribution in [0.5, 0.6) is 5.75 Å². The zero-order chi connectivity index (χ0) is 16.8. The Morgan fingerprint density at radius 2 is 1.52 bits per heavy atom. The molecule has 0 N–H and O–H groups in total. The first kappa shape index (κ1) is 19.6. The van der Waals surface area contributed by atoms with Gasteiger partial charge in [-0.2, -0.15) is 5.26 Å². The van der Waals surface area contributed by atoms with E-state index in [1.54, 1.807) is 7.11 Å². The van der Waals surface area contributed by atoms with Crippen molar-refractivity contribution in [1.29, 1.82) is 5.26 Å². The summed E-state index contributed by atoms with van der Waals surface area (Å²) in [5, 5.41) is 8.96. The van der Waals surface area contributed by atoms with Gasteiger partial charge in [0.05, 0.1) is 19.6 Å². The second kappa shape index (κ2) is 13.0. The van der Waals surface area contributed by atoms with Gasteiger partial charge in [-0.1, -0.05) is 76.8 Å². The van der Waals surface area contributed by atoms with Crippen LogP contribution < -0.4 is 4.74 Å². The minimum Gasteiger partial charge on any atom is -0.496 e. The molecule has 0 saturated carbocycles. The molecule has 0 amide bonds. The first-order valence-corrected chi connectivity index (χ1v) is 9.35. The fourth-order valence-corrected chi connectivity index (χ4v) is 3.13. The fourth-order valence-electron chi connectivity index (χ4n) is 3.13. The summed E-state index contributed by atoms with van der Waals surface area (Å²) in [5.41, 5.74) is 2.36. The maximum Gasteiger partial charge on any atom is 0.122 e. The molecule has 0 aliphatic heterocycles. The third kappa shape index (κ3) is 8.07. The molecular weight excluding hydrogens is 282 g/mol. The van der Waals surface area contributed by atoms with E-state index in [1.165, 1.54) is 69.8 Å². The van der Waals surface area contributed by atoms with E-state index in [4.69, 9.17) is 10.00 Å². The van der Waals surface area contributed by atoms with E-state index in [2.05, 4.69) is 19.1 Å². The molecule has 0 bridgehead atoms. The van der Waals surface area contributed by atoms with Gasteiger partial charge in [0.1, 0.15) is 5.75 Å². The van der Waals surface area contributed by atoms with Gasteiger partial charge in [-0.05, 0) is 30.0 Å². The lowest BCUT2D eigenvalue weighted by Crippen LogP contribution is -1.98. The van der Waals surface area contributed by atoms with Crippen LogP contribution in [0.2, 0.25) is 0 Å². The van der Waals surface area contributed by atoms with Crippen LogP contribution in [0.3, 0.4) is 0 Å². The molecule has 1 aromatic carbocycles. The molecule has 2 nitrogen and oxygen atoms in total. The zero-order valence-electron chi connectivity index (χ0n) is 15.1. The summed E-state index contributed by atoms with van der Waals surface area (Å²) in [4.78, 5) is 0. The largest absolute Gasteiger partial charge is 0.496 e. The van der Waals surface area contributed by atoms with Crippen LogP contribution in [0.1, 0.15) is 82.3 Å². The molecule has 0 unspecified atom stereocenters. The Morgan fingerprint density at radius 3 is 2.09 bits per heavy atom. The average molecular weight is 316 g/mol. The van der Waals surface area contributed by atoms with Gasteiger partial charge in [0, 0.05) is 0 Å². The van der Waals surface area contributed by atoms with Crippen LogP contribution in [0.25, 0.3) is 0 Å². The van der Waals surface area contributed by atoms with Crippen LogP contribution in [-0.4, -0.2) is 7.11 Å². The molecule has 0 saturated heterocycles. The van der Waals surface area contributed by atoms with Crippen molar-refractivity contribution in [3.05, 3.63) is 29.3 Å². The standard InChI is InChI=1S/C21H33NO/c1-3-4-5-6-7-8-9-10-11-12-15-20-19(17-18-22)14-13-16-21(20)23-2/h13-14,16H,3-12,15,17H2,1-2H3. The highest BCUT2D eigenvalue weighted by atomic mass is 16.5. The highest BCUT2D eigenvalue weighted by Crippen LogP contribution is 2.25. The second-order valence-electron chi connectivity index (χ2n) is 6.36. The fraction of sp³-hybridized carbons (Fsp3) is 0.667. The Labute approximate surface area is 142 Å². The molecule has 1 aromatic rings. The van der Waals surface area contributed by atoms with Crippen molar-refractivity contribution < 1.29 is 4.74 Å². The maximum absolute atomic E-state index is 8.96. The quantitative estimate of drug-likeness (QED) is 0.404. The Bertz CT molecular complexity index is 461. The average Bonchev–Trinajstić information content (AvgIpc) is 2.57. The van der Waals surface area contributed by atoms with Crippen molar-refractivity contribution in [2.75, 3.05) is 7.11 Å². The summed E-state index contributed by atoms with van der Waals surface area (Å²) >= 11 is 0. The molecule has 0 aromatic heterocycles. The smallest absolute Gasteiger partial charge is 0.122 e. The third-order valence-corrected chi connectivity index (χ3v) is 4.50.